The third-order valence-electron chi connectivity index (χ3n) is 2.23. The topological polar surface area (TPSA) is 56.3 Å². The molecular weight excluding hydrogens is 230 g/mol. The zero-order valence-corrected chi connectivity index (χ0v) is 11.7. The lowest BCUT2D eigenvalue weighted by atomic mass is 10.2. The molecule has 0 saturated carbocycles. The Bertz CT molecular complexity index is 356. The van der Waals surface area contributed by atoms with Crippen molar-refractivity contribution in [1.82, 2.24) is 15.3 Å². The van der Waals surface area contributed by atoms with Crippen LogP contribution in [0.1, 0.15) is 25.2 Å². The Morgan fingerprint density at radius 1 is 1.33 bits per heavy atom. The van der Waals surface area contributed by atoms with E-state index in [9.17, 15) is 0 Å². The molecule has 0 aromatic carbocycles. The minimum Gasteiger partial charge on any atom is -0.475 e. The quantitative estimate of drug-likeness (QED) is 0.712. The van der Waals surface area contributed by atoms with Crippen LogP contribution >= 0.6 is 0 Å². The fourth-order valence-corrected chi connectivity index (χ4v) is 1.43. The first-order valence-corrected chi connectivity index (χ1v) is 6.31. The molecule has 0 unspecified atom stereocenters. The number of rotatable bonds is 8. The summed E-state index contributed by atoms with van der Waals surface area (Å²) in [6.07, 6.45) is 1.79. The molecule has 0 atom stereocenters. The van der Waals surface area contributed by atoms with Crippen LogP contribution < -0.4 is 10.1 Å². The minimum absolute atomic E-state index is 0.514. The molecular formula is C13H23N3O2. The molecule has 1 rings (SSSR count). The van der Waals surface area contributed by atoms with Crippen molar-refractivity contribution in [1.29, 1.82) is 0 Å². The average molecular weight is 253 g/mol. The lowest BCUT2D eigenvalue weighted by molar-refractivity contribution is 0.0802. The Balaban J connectivity index is 2.42. The monoisotopic (exact) mass is 253 g/mol. The van der Waals surface area contributed by atoms with E-state index in [1.807, 2.05) is 14.0 Å². The van der Waals surface area contributed by atoms with Crippen molar-refractivity contribution in [3.63, 3.8) is 0 Å². The second-order valence-corrected chi connectivity index (χ2v) is 4.60. The molecule has 0 saturated heterocycles. The molecule has 0 aliphatic rings. The van der Waals surface area contributed by atoms with Gasteiger partial charge in [-0.25, -0.2) is 4.98 Å². The van der Waals surface area contributed by atoms with E-state index in [2.05, 4.69) is 29.1 Å². The molecule has 0 amide bonds. The first kappa shape index (κ1) is 14.9. The van der Waals surface area contributed by atoms with Crippen molar-refractivity contribution >= 4 is 0 Å². The van der Waals surface area contributed by atoms with Gasteiger partial charge in [0.05, 0.1) is 6.61 Å². The molecule has 0 aliphatic heterocycles. The van der Waals surface area contributed by atoms with Gasteiger partial charge in [-0.2, -0.15) is 4.98 Å². The summed E-state index contributed by atoms with van der Waals surface area (Å²) in [5.41, 5.74) is 0.965. The van der Waals surface area contributed by atoms with Crippen LogP contribution in [0.5, 0.6) is 5.88 Å². The maximum atomic E-state index is 5.64. The van der Waals surface area contributed by atoms with Crippen LogP contribution in [0.15, 0.2) is 6.20 Å². The Hall–Kier alpha value is -1.20. The van der Waals surface area contributed by atoms with Crippen LogP contribution in [0.2, 0.25) is 0 Å². The highest BCUT2D eigenvalue weighted by molar-refractivity contribution is 5.23. The van der Waals surface area contributed by atoms with Gasteiger partial charge in [-0.3, -0.25) is 0 Å². The Kier molecular flexibility index (Phi) is 6.60. The summed E-state index contributed by atoms with van der Waals surface area (Å²) in [6, 6.07) is 0. The van der Waals surface area contributed by atoms with E-state index in [-0.39, 0.29) is 0 Å². The highest BCUT2D eigenvalue weighted by Gasteiger charge is 2.06. The highest BCUT2D eigenvalue weighted by atomic mass is 16.5. The van der Waals surface area contributed by atoms with Crippen molar-refractivity contribution in [2.24, 2.45) is 5.92 Å². The van der Waals surface area contributed by atoms with Crippen molar-refractivity contribution in [2.45, 2.75) is 27.3 Å². The lowest BCUT2D eigenvalue weighted by Gasteiger charge is -2.11. The zero-order chi connectivity index (χ0) is 13.4. The van der Waals surface area contributed by atoms with Gasteiger partial charge in [0.15, 0.2) is 0 Å². The number of hydrogen-bond acceptors (Lipinski definition) is 5. The van der Waals surface area contributed by atoms with Gasteiger partial charge in [-0.05, 0) is 19.9 Å². The summed E-state index contributed by atoms with van der Waals surface area (Å²) in [4.78, 5) is 8.46. The molecule has 1 N–H and O–H groups in total. The Morgan fingerprint density at radius 3 is 2.78 bits per heavy atom. The van der Waals surface area contributed by atoms with E-state index >= 15 is 0 Å². The van der Waals surface area contributed by atoms with Crippen molar-refractivity contribution in [3.8, 4) is 5.88 Å². The fraction of sp³-hybridized carbons (Fsp3) is 0.692. The third-order valence-corrected chi connectivity index (χ3v) is 2.23. The van der Waals surface area contributed by atoms with Gasteiger partial charge in [0, 0.05) is 24.9 Å². The molecule has 1 heterocycles. The predicted octanol–water partition coefficient (Wildman–Crippen LogP) is 1.56. The summed E-state index contributed by atoms with van der Waals surface area (Å²) in [6.45, 7) is 8.66. The fourth-order valence-electron chi connectivity index (χ4n) is 1.43. The Labute approximate surface area is 109 Å². The number of nitrogens with one attached hydrogen (secondary N) is 1. The van der Waals surface area contributed by atoms with Crippen LogP contribution in [-0.4, -0.2) is 36.8 Å². The van der Waals surface area contributed by atoms with E-state index in [0.717, 1.165) is 12.2 Å². The largest absolute Gasteiger partial charge is 0.475 e. The normalized spacial score (nSPS) is 10.9. The summed E-state index contributed by atoms with van der Waals surface area (Å²) in [7, 11) is 1.88. The smallest absolute Gasteiger partial charge is 0.221 e. The van der Waals surface area contributed by atoms with Crippen LogP contribution in [-0.2, 0) is 11.3 Å². The lowest BCUT2D eigenvalue weighted by Crippen LogP contribution is -2.14. The van der Waals surface area contributed by atoms with Crippen LogP contribution in [0.25, 0.3) is 0 Å². The number of nitrogens with zero attached hydrogens (tertiary/aromatic N) is 2. The van der Waals surface area contributed by atoms with E-state index in [1.165, 1.54) is 0 Å². The molecule has 5 heteroatoms. The van der Waals surface area contributed by atoms with Crippen molar-refractivity contribution in [3.05, 3.63) is 17.6 Å². The number of aryl methyl sites for hydroxylation is 1. The van der Waals surface area contributed by atoms with Gasteiger partial charge in [0.2, 0.25) is 5.88 Å². The third kappa shape index (κ3) is 5.42. The molecule has 0 aliphatic carbocycles. The van der Waals surface area contributed by atoms with Gasteiger partial charge >= 0.3 is 0 Å². The molecule has 18 heavy (non-hydrogen) atoms. The van der Waals surface area contributed by atoms with Crippen LogP contribution in [0.4, 0.5) is 0 Å². The molecule has 1 aromatic heterocycles. The molecule has 102 valence electrons. The highest BCUT2D eigenvalue weighted by Crippen LogP contribution is 2.13. The van der Waals surface area contributed by atoms with Crippen molar-refractivity contribution < 1.29 is 9.47 Å². The van der Waals surface area contributed by atoms with E-state index in [0.29, 0.717) is 37.4 Å². The predicted molar refractivity (Wildman–Crippen MR) is 70.7 cm³/mol. The average Bonchev–Trinajstić information content (AvgIpc) is 2.32. The summed E-state index contributed by atoms with van der Waals surface area (Å²) in [5, 5.41) is 3.07. The maximum Gasteiger partial charge on any atom is 0.221 e. The van der Waals surface area contributed by atoms with Gasteiger partial charge in [0.1, 0.15) is 12.4 Å². The summed E-state index contributed by atoms with van der Waals surface area (Å²) >= 11 is 0. The number of hydrogen-bond donors (Lipinski definition) is 1. The number of ether oxygens (including phenoxy) is 2. The van der Waals surface area contributed by atoms with E-state index in [1.54, 1.807) is 6.20 Å². The number of aromatic nitrogens is 2. The molecule has 0 spiro atoms. The van der Waals surface area contributed by atoms with E-state index in [4.69, 9.17) is 9.47 Å². The summed E-state index contributed by atoms with van der Waals surface area (Å²) in [5.74, 6) is 1.91. The molecule has 5 nitrogen and oxygen atoms in total. The first-order valence-electron chi connectivity index (χ1n) is 6.31. The molecule has 0 radical (unpaired) electrons. The van der Waals surface area contributed by atoms with Gasteiger partial charge in [-0.15, -0.1) is 0 Å². The zero-order valence-electron chi connectivity index (χ0n) is 11.7. The second kappa shape index (κ2) is 8.00. The van der Waals surface area contributed by atoms with Crippen LogP contribution in [0, 0.1) is 12.8 Å². The standard InChI is InChI=1S/C13H23N3O2/c1-10(2)9-17-5-6-18-13-12(7-14-4)8-15-11(3)16-13/h8,10,14H,5-7,9H2,1-4H3. The molecule has 0 bridgehead atoms. The van der Waals surface area contributed by atoms with Crippen LogP contribution in [0.3, 0.4) is 0 Å². The second-order valence-electron chi connectivity index (χ2n) is 4.60. The summed E-state index contributed by atoms with van der Waals surface area (Å²) < 4.78 is 11.1. The maximum absolute atomic E-state index is 5.64. The van der Waals surface area contributed by atoms with E-state index < -0.39 is 0 Å². The Morgan fingerprint density at radius 2 is 2.11 bits per heavy atom. The van der Waals surface area contributed by atoms with Gasteiger partial charge in [0.25, 0.3) is 0 Å². The minimum atomic E-state index is 0.514. The van der Waals surface area contributed by atoms with Gasteiger partial charge in [-0.1, -0.05) is 13.8 Å². The van der Waals surface area contributed by atoms with Gasteiger partial charge < -0.3 is 14.8 Å². The van der Waals surface area contributed by atoms with Crippen molar-refractivity contribution in [2.75, 3.05) is 26.9 Å². The SMILES string of the molecule is CNCc1cnc(C)nc1OCCOCC(C)C. The molecule has 0 fully saturated rings. The molecule has 1 aromatic rings. The first-order chi connectivity index (χ1) is 8.63.